The number of carbonyl (C=O) groups excluding carboxylic acids is 1. The quantitative estimate of drug-likeness (QED) is 0.582. The van der Waals surface area contributed by atoms with Crippen molar-refractivity contribution in [2.75, 3.05) is 18.0 Å². The zero-order valence-electron chi connectivity index (χ0n) is 17.0. The van der Waals surface area contributed by atoms with Crippen molar-refractivity contribution in [3.8, 4) is 0 Å². The number of halogens is 3. The maximum atomic E-state index is 13.9. The Kier molecular flexibility index (Phi) is 4.43. The summed E-state index contributed by atoms with van der Waals surface area (Å²) in [6.07, 6.45) is 5.50. The van der Waals surface area contributed by atoms with Crippen molar-refractivity contribution in [3.05, 3.63) is 59.7 Å². The van der Waals surface area contributed by atoms with Crippen LogP contribution in [-0.4, -0.2) is 48.6 Å². The fraction of sp³-hybridized carbons (Fsp3) is 0.409. The number of carbonyl (C=O) groups is 1. The van der Waals surface area contributed by atoms with Crippen LogP contribution in [0.4, 0.5) is 19.0 Å². The molecule has 3 aliphatic heterocycles. The molecule has 0 bridgehead atoms. The molecule has 3 fully saturated rings. The molecule has 2 atom stereocenters. The fourth-order valence-corrected chi connectivity index (χ4v) is 7.08. The lowest BCUT2D eigenvalue weighted by Gasteiger charge is -2.38. The number of amides is 1. The van der Waals surface area contributed by atoms with Crippen LogP contribution in [0.3, 0.4) is 0 Å². The molecule has 1 amide bonds. The van der Waals surface area contributed by atoms with E-state index in [2.05, 4.69) is 15.0 Å². The molecule has 0 saturated carbocycles. The van der Waals surface area contributed by atoms with Gasteiger partial charge >= 0.3 is 0 Å². The SMILES string of the molecule is O=C1N2C(CCC2c2cc(F)cc(F)c2)SC12CCN(c1ccnc3c(F)cnn13)CC2. The van der Waals surface area contributed by atoms with E-state index in [0.717, 1.165) is 24.5 Å². The molecule has 32 heavy (non-hydrogen) atoms. The second-order valence-electron chi connectivity index (χ2n) is 8.59. The molecule has 0 radical (unpaired) electrons. The van der Waals surface area contributed by atoms with Crippen molar-refractivity contribution in [1.29, 1.82) is 0 Å². The van der Waals surface area contributed by atoms with Gasteiger partial charge in [-0.3, -0.25) is 4.79 Å². The molecular formula is C22H20F3N5OS. The van der Waals surface area contributed by atoms with Gasteiger partial charge in [0.25, 0.3) is 0 Å². The van der Waals surface area contributed by atoms with E-state index >= 15 is 0 Å². The van der Waals surface area contributed by atoms with Gasteiger partial charge in [0.05, 0.1) is 17.6 Å². The van der Waals surface area contributed by atoms with Gasteiger partial charge in [-0.1, -0.05) is 0 Å². The lowest BCUT2D eigenvalue weighted by atomic mass is 9.93. The number of hydrogen-bond donors (Lipinski definition) is 0. The van der Waals surface area contributed by atoms with Crippen LogP contribution in [0, 0.1) is 17.5 Å². The monoisotopic (exact) mass is 459 g/mol. The Bertz CT molecular complexity index is 1210. The second-order valence-corrected chi connectivity index (χ2v) is 10.2. The molecule has 1 aromatic carbocycles. The number of anilines is 1. The van der Waals surface area contributed by atoms with Crippen LogP contribution in [0.5, 0.6) is 0 Å². The number of rotatable bonds is 2. The highest BCUT2D eigenvalue weighted by Gasteiger charge is 2.57. The third kappa shape index (κ3) is 2.92. The number of thioether (sulfide) groups is 1. The topological polar surface area (TPSA) is 53.7 Å². The second kappa shape index (κ2) is 7.13. The average molecular weight is 459 g/mol. The summed E-state index contributed by atoms with van der Waals surface area (Å²) >= 11 is 1.69. The summed E-state index contributed by atoms with van der Waals surface area (Å²) in [5.41, 5.74) is 0.702. The van der Waals surface area contributed by atoms with E-state index in [-0.39, 0.29) is 23.0 Å². The van der Waals surface area contributed by atoms with Crippen molar-refractivity contribution in [1.82, 2.24) is 19.5 Å². The van der Waals surface area contributed by atoms with Crippen LogP contribution in [0.25, 0.3) is 5.65 Å². The molecule has 166 valence electrons. The van der Waals surface area contributed by atoms with Gasteiger partial charge in [0.15, 0.2) is 11.5 Å². The molecule has 5 heterocycles. The summed E-state index contributed by atoms with van der Waals surface area (Å²) in [5.74, 6) is -0.904. The minimum absolute atomic E-state index is 0.0261. The van der Waals surface area contributed by atoms with Gasteiger partial charge in [0, 0.05) is 25.4 Å². The summed E-state index contributed by atoms with van der Waals surface area (Å²) in [6.45, 7) is 1.25. The predicted octanol–water partition coefficient (Wildman–Crippen LogP) is 3.92. The Hall–Kier alpha value is -2.75. The van der Waals surface area contributed by atoms with Crippen LogP contribution in [-0.2, 0) is 4.79 Å². The smallest absolute Gasteiger partial charge is 0.240 e. The number of fused-ring (bicyclic) bond motifs is 2. The Morgan fingerprint density at radius 2 is 1.81 bits per heavy atom. The van der Waals surface area contributed by atoms with Gasteiger partial charge in [-0.15, -0.1) is 11.8 Å². The standard InChI is InChI=1S/C22H20F3N5OS/c23-14-9-13(10-15(24)11-14)17-1-2-19-29(17)21(31)22(32-19)4-7-28(8-5-22)18-3-6-26-20-16(25)12-27-30(18)20/h3,6,9-12,17,19H,1-2,4-5,7-8H2. The minimum atomic E-state index is -0.621. The van der Waals surface area contributed by atoms with E-state index in [0.29, 0.717) is 37.9 Å². The first-order valence-electron chi connectivity index (χ1n) is 10.6. The summed E-state index contributed by atoms with van der Waals surface area (Å²) in [7, 11) is 0. The molecule has 2 unspecified atom stereocenters. The highest BCUT2D eigenvalue weighted by atomic mass is 32.2. The van der Waals surface area contributed by atoms with E-state index in [1.165, 1.54) is 16.6 Å². The first kappa shape index (κ1) is 19.9. The maximum absolute atomic E-state index is 13.9. The number of piperidine rings is 1. The summed E-state index contributed by atoms with van der Waals surface area (Å²) in [6, 6.07) is 5.02. The fourth-order valence-electron chi connectivity index (χ4n) is 5.33. The molecule has 3 aliphatic rings. The number of aromatic nitrogens is 3. The van der Waals surface area contributed by atoms with Gasteiger partial charge in [0.1, 0.15) is 22.2 Å². The highest BCUT2D eigenvalue weighted by molar-refractivity contribution is 8.02. The zero-order valence-corrected chi connectivity index (χ0v) is 17.9. The Morgan fingerprint density at radius 3 is 2.56 bits per heavy atom. The van der Waals surface area contributed by atoms with Gasteiger partial charge in [0.2, 0.25) is 5.91 Å². The molecule has 10 heteroatoms. The number of hydrogen-bond acceptors (Lipinski definition) is 5. The van der Waals surface area contributed by atoms with Crippen molar-refractivity contribution >= 4 is 29.1 Å². The maximum Gasteiger partial charge on any atom is 0.240 e. The van der Waals surface area contributed by atoms with E-state index in [1.54, 1.807) is 24.0 Å². The molecule has 3 aromatic rings. The van der Waals surface area contributed by atoms with Crippen LogP contribution in [0.2, 0.25) is 0 Å². The van der Waals surface area contributed by atoms with Crippen molar-refractivity contribution in [2.24, 2.45) is 0 Å². The third-order valence-corrected chi connectivity index (χ3v) is 8.59. The molecule has 0 aliphatic carbocycles. The summed E-state index contributed by atoms with van der Waals surface area (Å²) < 4.78 is 42.4. The van der Waals surface area contributed by atoms with Gasteiger partial charge in [-0.05, 0) is 49.4 Å². The van der Waals surface area contributed by atoms with Crippen molar-refractivity contribution in [2.45, 2.75) is 41.8 Å². The van der Waals surface area contributed by atoms with E-state index < -0.39 is 22.2 Å². The predicted molar refractivity (Wildman–Crippen MR) is 114 cm³/mol. The Balaban J connectivity index is 1.24. The van der Waals surface area contributed by atoms with Crippen molar-refractivity contribution in [3.63, 3.8) is 0 Å². The zero-order chi connectivity index (χ0) is 22.0. The molecule has 6 nitrogen and oxygen atoms in total. The number of nitrogens with zero attached hydrogens (tertiary/aromatic N) is 5. The summed E-state index contributed by atoms with van der Waals surface area (Å²) in [4.78, 5) is 21.6. The largest absolute Gasteiger partial charge is 0.356 e. The van der Waals surface area contributed by atoms with Gasteiger partial charge in [-0.2, -0.15) is 9.61 Å². The molecule has 0 N–H and O–H groups in total. The first-order valence-corrected chi connectivity index (χ1v) is 11.5. The van der Waals surface area contributed by atoms with E-state index in [4.69, 9.17) is 0 Å². The van der Waals surface area contributed by atoms with Gasteiger partial charge < -0.3 is 9.80 Å². The Labute approximate surface area is 186 Å². The summed E-state index contributed by atoms with van der Waals surface area (Å²) in [5, 5.41) is 4.12. The van der Waals surface area contributed by atoms with E-state index in [1.807, 2.05) is 4.90 Å². The number of benzene rings is 1. The molecular weight excluding hydrogens is 439 g/mol. The first-order chi connectivity index (χ1) is 15.4. The molecule has 2 aromatic heterocycles. The normalized spacial score (nSPS) is 24.7. The Morgan fingerprint density at radius 1 is 1.06 bits per heavy atom. The van der Waals surface area contributed by atoms with Crippen LogP contribution in [0.15, 0.2) is 36.7 Å². The third-order valence-electron chi connectivity index (χ3n) is 6.82. The lowest BCUT2D eigenvalue weighted by Crippen LogP contribution is -2.48. The highest BCUT2D eigenvalue weighted by Crippen LogP contribution is 2.55. The van der Waals surface area contributed by atoms with E-state index in [9.17, 15) is 18.0 Å². The molecule has 6 rings (SSSR count). The average Bonchev–Trinajstić information content (AvgIpc) is 3.43. The molecule has 1 spiro atoms. The van der Waals surface area contributed by atoms with Crippen LogP contribution >= 0.6 is 11.8 Å². The van der Waals surface area contributed by atoms with Crippen LogP contribution in [0.1, 0.15) is 37.3 Å². The van der Waals surface area contributed by atoms with Crippen molar-refractivity contribution < 1.29 is 18.0 Å². The lowest BCUT2D eigenvalue weighted by molar-refractivity contribution is -0.134. The molecule has 3 saturated heterocycles. The van der Waals surface area contributed by atoms with Crippen LogP contribution < -0.4 is 4.90 Å². The van der Waals surface area contributed by atoms with Gasteiger partial charge in [-0.25, -0.2) is 18.2 Å². The minimum Gasteiger partial charge on any atom is -0.356 e.